The van der Waals surface area contributed by atoms with Crippen molar-refractivity contribution in [3.63, 3.8) is 0 Å². The second kappa shape index (κ2) is 7.52. The van der Waals surface area contributed by atoms with Gasteiger partial charge in [-0.25, -0.2) is 4.79 Å². The van der Waals surface area contributed by atoms with Crippen LogP contribution in [0.1, 0.15) is 20.8 Å². The van der Waals surface area contributed by atoms with Crippen LogP contribution in [0, 0.1) is 0 Å². The fourth-order valence-electron chi connectivity index (χ4n) is 1.31. The molecule has 2 N–H and O–H groups in total. The van der Waals surface area contributed by atoms with Gasteiger partial charge in [0.2, 0.25) is 5.91 Å². The maximum Gasteiger partial charge on any atom is 0.325 e. The van der Waals surface area contributed by atoms with Gasteiger partial charge >= 0.3 is 12.0 Å². The SMILES string of the molecule is CCN(CC)C(=O)CN(C)C(=O)N[C@@H](C)C(=O)O. The van der Waals surface area contributed by atoms with E-state index in [4.69, 9.17) is 5.11 Å². The third-order valence-electron chi connectivity index (χ3n) is 2.55. The predicted molar refractivity (Wildman–Crippen MR) is 66.2 cm³/mol. The summed E-state index contributed by atoms with van der Waals surface area (Å²) >= 11 is 0. The molecular formula is C11H21N3O4. The highest BCUT2D eigenvalue weighted by Crippen LogP contribution is 1.94. The fraction of sp³-hybridized carbons (Fsp3) is 0.727. The molecule has 3 amide bonds. The van der Waals surface area contributed by atoms with Crippen molar-refractivity contribution in [1.82, 2.24) is 15.1 Å². The Labute approximate surface area is 107 Å². The summed E-state index contributed by atoms with van der Waals surface area (Å²) in [7, 11) is 1.45. The van der Waals surface area contributed by atoms with Crippen molar-refractivity contribution in [2.24, 2.45) is 0 Å². The molecule has 7 heteroatoms. The summed E-state index contributed by atoms with van der Waals surface area (Å²) in [6.45, 7) is 6.16. The van der Waals surface area contributed by atoms with Crippen LogP contribution in [-0.2, 0) is 9.59 Å². The van der Waals surface area contributed by atoms with Gasteiger partial charge in [0.25, 0.3) is 0 Å². The molecule has 0 rings (SSSR count). The molecule has 18 heavy (non-hydrogen) atoms. The van der Waals surface area contributed by atoms with E-state index in [1.54, 1.807) is 4.90 Å². The van der Waals surface area contributed by atoms with Crippen molar-refractivity contribution in [3.8, 4) is 0 Å². The molecule has 7 nitrogen and oxygen atoms in total. The number of aliphatic carboxylic acids is 1. The van der Waals surface area contributed by atoms with Crippen LogP contribution in [0.4, 0.5) is 4.79 Å². The van der Waals surface area contributed by atoms with Crippen molar-refractivity contribution >= 4 is 17.9 Å². The lowest BCUT2D eigenvalue weighted by Gasteiger charge is -2.24. The molecular weight excluding hydrogens is 238 g/mol. The Morgan fingerprint density at radius 1 is 1.22 bits per heavy atom. The number of carboxylic acid groups (broad SMARTS) is 1. The quantitative estimate of drug-likeness (QED) is 0.701. The second-order valence-electron chi connectivity index (χ2n) is 3.93. The van der Waals surface area contributed by atoms with E-state index in [2.05, 4.69) is 5.32 Å². The lowest BCUT2D eigenvalue weighted by Crippen LogP contribution is -2.48. The lowest BCUT2D eigenvalue weighted by molar-refractivity contribution is -0.138. The van der Waals surface area contributed by atoms with E-state index in [1.807, 2.05) is 13.8 Å². The number of carboxylic acids is 1. The summed E-state index contributed by atoms with van der Waals surface area (Å²) in [5.41, 5.74) is 0. The largest absolute Gasteiger partial charge is 0.480 e. The normalized spacial score (nSPS) is 11.6. The summed E-state index contributed by atoms with van der Waals surface area (Å²) < 4.78 is 0. The van der Waals surface area contributed by atoms with Crippen LogP contribution in [0.5, 0.6) is 0 Å². The Balaban J connectivity index is 4.31. The van der Waals surface area contributed by atoms with Crippen LogP contribution in [-0.4, -0.2) is 65.5 Å². The first-order valence-corrected chi connectivity index (χ1v) is 5.85. The first-order valence-electron chi connectivity index (χ1n) is 5.85. The second-order valence-corrected chi connectivity index (χ2v) is 3.93. The number of carbonyl (C=O) groups excluding carboxylic acids is 2. The summed E-state index contributed by atoms with van der Waals surface area (Å²) in [6, 6.07) is -1.56. The molecule has 0 aliphatic rings. The Morgan fingerprint density at radius 2 is 1.72 bits per heavy atom. The van der Waals surface area contributed by atoms with Crippen LogP contribution in [0.3, 0.4) is 0 Å². The Morgan fingerprint density at radius 3 is 2.11 bits per heavy atom. The zero-order valence-corrected chi connectivity index (χ0v) is 11.3. The average molecular weight is 259 g/mol. The molecule has 1 atom stereocenters. The zero-order valence-electron chi connectivity index (χ0n) is 11.3. The molecule has 0 fully saturated rings. The first-order chi connectivity index (χ1) is 8.33. The molecule has 0 aliphatic carbocycles. The summed E-state index contributed by atoms with van der Waals surface area (Å²) in [5, 5.41) is 10.9. The molecule has 104 valence electrons. The van der Waals surface area contributed by atoms with Gasteiger partial charge in [0.1, 0.15) is 12.6 Å². The number of nitrogens with zero attached hydrogens (tertiary/aromatic N) is 2. The van der Waals surface area contributed by atoms with E-state index in [0.29, 0.717) is 13.1 Å². The summed E-state index contributed by atoms with van der Waals surface area (Å²) in [6.07, 6.45) is 0. The smallest absolute Gasteiger partial charge is 0.325 e. The van der Waals surface area contributed by atoms with E-state index in [-0.39, 0.29) is 12.5 Å². The monoisotopic (exact) mass is 259 g/mol. The average Bonchev–Trinajstić information content (AvgIpc) is 2.29. The van der Waals surface area contributed by atoms with Gasteiger partial charge in [-0.05, 0) is 20.8 Å². The minimum atomic E-state index is -1.12. The van der Waals surface area contributed by atoms with Gasteiger partial charge in [-0.3, -0.25) is 9.59 Å². The van der Waals surface area contributed by atoms with Crippen LogP contribution < -0.4 is 5.32 Å². The van der Waals surface area contributed by atoms with Crippen molar-refractivity contribution in [1.29, 1.82) is 0 Å². The van der Waals surface area contributed by atoms with E-state index in [0.717, 1.165) is 0 Å². The molecule has 0 heterocycles. The highest BCUT2D eigenvalue weighted by molar-refractivity contribution is 5.86. The minimum absolute atomic E-state index is 0.0696. The van der Waals surface area contributed by atoms with Gasteiger partial charge < -0.3 is 20.2 Å². The number of amides is 3. The zero-order chi connectivity index (χ0) is 14.3. The van der Waals surface area contributed by atoms with Crippen molar-refractivity contribution in [3.05, 3.63) is 0 Å². The lowest BCUT2D eigenvalue weighted by atomic mass is 10.3. The first kappa shape index (κ1) is 16.2. The van der Waals surface area contributed by atoms with Crippen LogP contribution >= 0.6 is 0 Å². The number of carbonyl (C=O) groups is 3. The molecule has 0 saturated heterocycles. The number of urea groups is 1. The molecule has 0 unspecified atom stereocenters. The maximum atomic E-state index is 11.7. The van der Waals surface area contributed by atoms with Crippen molar-refractivity contribution in [2.75, 3.05) is 26.7 Å². The number of hydrogen-bond acceptors (Lipinski definition) is 3. The van der Waals surface area contributed by atoms with Gasteiger partial charge in [0.15, 0.2) is 0 Å². The molecule has 0 aromatic rings. The Kier molecular flexibility index (Phi) is 6.77. The molecule has 0 aromatic heterocycles. The third-order valence-corrected chi connectivity index (χ3v) is 2.55. The van der Waals surface area contributed by atoms with Crippen molar-refractivity contribution < 1.29 is 19.5 Å². The summed E-state index contributed by atoms with van der Waals surface area (Å²) in [5.74, 6) is -1.28. The van der Waals surface area contributed by atoms with Gasteiger partial charge in [-0.15, -0.1) is 0 Å². The van der Waals surface area contributed by atoms with Crippen molar-refractivity contribution in [2.45, 2.75) is 26.8 Å². The topological polar surface area (TPSA) is 90.0 Å². The van der Waals surface area contributed by atoms with Crippen LogP contribution in [0.25, 0.3) is 0 Å². The molecule has 0 radical (unpaired) electrons. The molecule has 0 aliphatic heterocycles. The maximum absolute atomic E-state index is 11.7. The standard InChI is InChI=1S/C11H21N3O4/c1-5-14(6-2)9(15)7-13(4)11(18)12-8(3)10(16)17/h8H,5-7H2,1-4H3,(H,12,18)(H,16,17)/t8-/m0/s1. The van der Waals surface area contributed by atoms with Crippen LogP contribution in [0.15, 0.2) is 0 Å². The number of rotatable bonds is 6. The molecule has 0 spiro atoms. The molecule has 0 aromatic carbocycles. The fourth-order valence-corrected chi connectivity index (χ4v) is 1.31. The predicted octanol–water partition coefficient (Wildman–Crippen LogP) is -0.0307. The number of nitrogens with one attached hydrogen (secondary N) is 1. The van der Waals surface area contributed by atoms with E-state index in [9.17, 15) is 14.4 Å². The Hall–Kier alpha value is -1.79. The van der Waals surface area contributed by atoms with Gasteiger partial charge in [-0.2, -0.15) is 0 Å². The third kappa shape index (κ3) is 5.03. The highest BCUT2D eigenvalue weighted by atomic mass is 16.4. The summed E-state index contributed by atoms with van der Waals surface area (Å²) in [4.78, 5) is 36.6. The number of hydrogen-bond donors (Lipinski definition) is 2. The van der Waals surface area contributed by atoms with E-state index in [1.165, 1.54) is 18.9 Å². The van der Waals surface area contributed by atoms with Gasteiger partial charge in [0, 0.05) is 20.1 Å². The van der Waals surface area contributed by atoms with Gasteiger partial charge in [-0.1, -0.05) is 0 Å². The highest BCUT2D eigenvalue weighted by Gasteiger charge is 2.19. The Bertz CT molecular complexity index is 315. The molecule has 0 bridgehead atoms. The van der Waals surface area contributed by atoms with E-state index < -0.39 is 18.0 Å². The van der Waals surface area contributed by atoms with Crippen LogP contribution in [0.2, 0.25) is 0 Å². The van der Waals surface area contributed by atoms with E-state index >= 15 is 0 Å². The number of likely N-dealkylation sites (N-methyl/N-ethyl adjacent to an activating group) is 2. The molecule has 0 saturated carbocycles. The minimum Gasteiger partial charge on any atom is -0.480 e. The van der Waals surface area contributed by atoms with Gasteiger partial charge in [0.05, 0.1) is 0 Å².